The molecule has 4 aromatic rings. The number of pyridine rings is 1. The highest BCUT2D eigenvalue weighted by molar-refractivity contribution is 7.00. The fourth-order valence-electron chi connectivity index (χ4n) is 3.94. The Balaban J connectivity index is 1.75. The summed E-state index contributed by atoms with van der Waals surface area (Å²) in [4.78, 5) is 18.2. The van der Waals surface area contributed by atoms with Crippen LogP contribution in [0.2, 0.25) is 0 Å². The van der Waals surface area contributed by atoms with Gasteiger partial charge in [0.25, 0.3) is 0 Å². The maximum absolute atomic E-state index is 13.3. The molecular formula is C30H35N3O4S. The summed E-state index contributed by atoms with van der Waals surface area (Å²) in [5.74, 6) is 1.12. The largest absolute Gasteiger partial charge is 0.494 e. The van der Waals surface area contributed by atoms with Crippen molar-refractivity contribution in [3.05, 3.63) is 54.2 Å². The van der Waals surface area contributed by atoms with E-state index in [9.17, 15) is 4.79 Å². The van der Waals surface area contributed by atoms with E-state index in [1.807, 2.05) is 48.5 Å². The summed E-state index contributed by atoms with van der Waals surface area (Å²) in [5.41, 5.74) is 4.38. The van der Waals surface area contributed by atoms with Gasteiger partial charge in [0.05, 0.1) is 31.5 Å². The Kier molecular flexibility index (Phi) is 10.0. The summed E-state index contributed by atoms with van der Waals surface area (Å²) in [5, 5.41) is 0. The van der Waals surface area contributed by atoms with Crippen molar-refractivity contribution in [2.45, 2.75) is 59.3 Å². The van der Waals surface area contributed by atoms with Gasteiger partial charge in [0.15, 0.2) is 5.69 Å². The molecule has 8 heteroatoms. The second-order valence-corrected chi connectivity index (χ2v) is 9.62. The molecule has 200 valence electrons. The van der Waals surface area contributed by atoms with E-state index in [2.05, 4.69) is 29.5 Å². The third-order valence-corrected chi connectivity index (χ3v) is 6.67. The SMILES string of the molecule is CCCCOC(=O)c1nc(-c2ccc(OCCCC)cc2)c2nsnc2c1-c1ccc(OCCCC)cc1. The van der Waals surface area contributed by atoms with Crippen LogP contribution in [0, 0.1) is 0 Å². The third kappa shape index (κ3) is 6.67. The number of esters is 1. The fraction of sp³-hybridized carbons (Fsp3) is 0.400. The standard InChI is InChI=1S/C30H35N3O4S/c1-4-7-18-35-23-14-10-21(11-15-23)25-27-29(33-38-32-27)26(31-28(25)30(34)37-20-9-6-3)22-12-16-24(17-13-22)36-19-8-5-2/h10-17H,4-9,18-20H2,1-3H3. The molecule has 0 aliphatic rings. The first-order valence-electron chi connectivity index (χ1n) is 13.5. The Morgan fingerprint density at radius 1 is 0.711 bits per heavy atom. The normalized spacial score (nSPS) is 11.0. The zero-order valence-electron chi connectivity index (χ0n) is 22.4. The quantitative estimate of drug-likeness (QED) is 0.121. The Hall–Kier alpha value is -3.52. The molecule has 38 heavy (non-hydrogen) atoms. The summed E-state index contributed by atoms with van der Waals surface area (Å²) >= 11 is 1.10. The first kappa shape index (κ1) is 27.5. The van der Waals surface area contributed by atoms with Gasteiger partial charge in [-0.15, -0.1) is 0 Å². The molecule has 2 aromatic carbocycles. The number of rotatable bonds is 14. The fourth-order valence-corrected chi connectivity index (χ4v) is 4.49. The van der Waals surface area contributed by atoms with Crippen molar-refractivity contribution < 1.29 is 19.0 Å². The van der Waals surface area contributed by atoms with Crippen molar-refractivity contribution in [3.8, 4) is 33.9 Å². The summed E-state index contributed by atoms with van der Waals surface area (Å²) in [6.45, 7) is 8.02. The lowest BCUT2D eigenvalue weighted by Crippen LogP contribution is -2.12. The van der Waals surface area contributed by atoms with Crippen LogP contribution < -0.4 is 9.47 Å². The summed E-state index contributed by atoms with van der Waals surface area (Å²) < 4.78 is 26.4. The van der Waals surface area contributed by atoms with Crippen LogP contribution in [0.5, 0.6) is 11.5 Å². The van der Waals surface area contributed by atoms with Gasteiger partial charge in [-0.3, -0.25) is 0 Å². The summed E-state index contributed by atoms with van der Waals surface area (Å²) in [6, 6.07) is 15.4. The van der Waals surface area contributed by atoms with Gasteiger partial charge in [0.2, 0.25) is 0 Å². The molecule has 0 fully saturated rings. The lowest BCUT2D eigenvalue weighted by molar-refractivity contribution is 0.0494. The predicted octanol–water partition coefficient (Wildman–Crippen LogP) is 7.74. The van der Waals surface area contributed by atoms with Crippen molar-refractivity contribution in [1.82, 2.24) is 13.7 Å². The molecule has 0 amide bonds. The van der Waals surface area contributed by atoms with Crippen LogP contribution >= 0.6 is 11.7 Å². The molecule has 0 saturated heterocycles. The van der Waals surface area contributed by atoms with E-state index in [-0.39, 0.29) is 5.69 Å². The summed E-state index contributed by atoms with van der Waals surface area (Å²) in [7, 11) is 0. The Morgan fingerprint density at radius 2 is 1.24 bits per heavy atom. The Labute approximate surface area is 228 Å². The lowest BCUT2D eigenvalue weighted by Gasteiger charge is -2.13. The minimum atomic E-state index is -0.465. The van der Waals surface area contributed by atoms with E-state index in [1.165, 1.54) is 0 Å². The molecule has 0 bridgehead atoms. The average Bonchev–Trinajstić information content (AvgIpc) is 3.43. The first-order chi connectivity index (χ1) is 18.7. The van der Waals surface area contributed by atoms with Crippen molar-refractivity contribution in [1.29, 1.82) is 0 Å². The molecule has 0 radical (unpaired) electrons. The zero-order valence-corrected chi connectivity index (χ0v) is 23.2. The third-order valence-electron chi connectivity index (χ3n) is 6.14. The molecule has 2 aromatic heterocycles. The molecule has 2 heterocycles. The van der Waals surface area contributed by atoms with Crippen molar-refractivity contribution >= 4 is 28.7 Å². The van der Waals surface area contributed by atoms with Crippen molar-refractivity contribution in [2.24, 2.45) is 0 Å². The van der Waals surface area contributed by atoms with Crippen LogP contribution in [0.1, 0.15) is 69.8 Å². The number of unbranched alkanes of at least 4 members (excludes halogenated alkanes) is 3. The molecular weight excluding hydrogens is 498 g/mol. The molecule has 0 atom stereocenters. The second kappa shape index (κ2) is 13.9. The van der Waals surface area contributed by atoms with Crippen LogP contribution in [0.3, 0.4) is 0 Å². The molecule has 7 nitrogen and oxygen atoms in total. The highest BCUT2D eigenvalue weighted by atomic mass is 32.1. The molecule has 0 N–H and O–H groups in total. The van der Waals surface area contributed by atoms with Gasteiger partial charge in [-0.05, 0) is 61.2 Å². The Morgan fingerprint density at radius 3 is 1.82 bits per heavy atom. The number of nitrogens with zero attached hydrogens (tertiary/aromatic N) is 3. The Bertz CT molecular complexity index is 1320. The van der Waals surface area contributed by atoms with Crippen LogP contribution in [-0.2, 0) is 4.74 Å². The van der Waals surface area contributed by atoms with Crippen LogP contribution in [0.4, 0.5) is 0 Å². The minimum absolute atomic E-state index is 0.235. The number of benzene rings is 2. The molecule has 0 aliphatic heterocycles. The van der Waals surface area contributed by atoms with Crippen LogP contribution in [0.25, 0.3) is 33.4 Å². The van der Waals surface area contributed by atoms with Crippen molar-refractivity contribution in [2.75, 3.05) is 19.8 Å². The van der Waals surface area contributed by atoms with E-state index in [1.54, 1.807) is 0 Å². The van der Waals surface area contributed by atoms with E-state index >= 15 is 0 Å². The molecule has 0 saturated carbocycles. The van der Waals surface area contributed by atoms with Gasteiger partial charge in [-0.2, -0.15) is 8.75 Å². The average molecular weight is 534 g/mol. The maximum Gasteiger partial charge on any atom is 0.357 e. The predicted molar refractivity (Wildman–Crippen MR) is 152 cm³/mol. The number of aromatic nitrogens is 3. The minimum Gasteiger partial charge on any atom is -0.494 e. The molecule has 0 aliphatic carbocycles. The zero-order chi connectivity index (χ0) is 26.7. The van der Waals surface area contributed by atoms with E-state index < -0.39 is 5.97 Å². The number of hydrogen-bond donors (Lipinski definition) is 0. The lowest BCUT2D eigenvalue weighted by atomic mass is 9.99. The van der Waals surface area contributed by atoms with E-state index in [0.29, 0.717) is 42.1 Å². The van der Waals surface area contributed by atoms with Crippen LogP contribution in [0.15, 0.2) is 48.5 Å². The number of carbonyl (C=O) groups excluding carboxylic acids is 1. The number of carbonyl (C=O) groups is 1. The molecule has 0 spiro atoms. The highest BCUT2D eigenvalue weighted by Gasteiger charge is 2.25. The van der Waals surface area contributed by atoms with Gasteiger partial charge < -0.3 is 14.2 Å². The number of ether oxygens (including phenoxy) is 3. The maximum atomic E-state index is 13.3. The van der Waals surface area contributed by atoms with Gasteiger partial charge >= 0.3 is 5.97 Å². The highest BCUT2D eigenvalue weighted by Crippen LogP contribution is 2.37. The monoisotopic (exact) mass is 533 g/mol. The van der Waals surface area contributed by atoms with Gasteiger partial charge in [0, 0.05) is 11.1 Å². The first-order valence-corrected chi connectivity index (χ1v) is 14.2. The van der Waals surface area contributed by atoms with Gasteiger partial charge in [0.1, 0.15) is 28.2 Å². The number of fused-ring (bicyclic) bond motifs is 1. The van der Waals surface area contributed by atoms with Gasteiger partial charge in [-0.25, -0.2) is 9.78 Å². The van der Waals surface area contributed by atoms with Gasteiger partial charge in [-0.1, -0.05) is 52.2 Å². The topological polar surface area (TPSA) is 83.4 Å². The van der Waals surface area contributed by atoms with Crippen molar-refractivity contribution in [3.63, 3.8) is 0 Å². The van der Waals surface area contributed by atoms with E-state index in [4.69, 9.17) is 19.2 Å². The molecule has 0 unspecified atom stereocenters. The summed E-state index contributed by atoms with van der Waals surface area (Å²) in [6.07, 6.45) is 5.87. The van der Waals surface area contributed by atoms with E-state index in [0.717, 1.165) is 72.9 Å². The molecule has 4 rings (SSSR count). The smallest absolute Gasteiger partial charge is 0.357 e. The van der Waals surface area contributed by atoms with Crippen LogP contribution in [-0.4, -0.2) is 39.5 Å². The second-order valence-electron chi connectivity index (χ2n) is 9.09. The number of hydrogen-bond acceptors (Lipinski definition) is 8.